The quantitative estimate of drug-likeness (QED) is 0.873. The van der Waals surface area contributed by atoms with Gasteiger partial charge in [0.2, 0.25) is 0 Å². The fourth-order valence-electron chi connectivity index (χ4n) is 3.49. The van der Waals surface area contributed by atoms with Crippen LogP contribution >= 0.6 is 0 Å². The third-order valence-corrected chi connectivity index (χ3v) is 4.94. The molecule has 0 aromatic carbocycles. The molecule has 0 radical (unpaired) electrons. The summed E-state index contributed by atoms with van der Waals surface area (Å²) in [5.74, 6) is 0.843. The molecule has 24 heavy (non-hydrogen) atoms. The zero-order chi connectivity index (χ0) is 16.5. The van der Waals surface area contributed by atoms with Crippen molar-refractivity contribution in [2.45, 2.75) is 51.6 Å². The predicted octanol–water partition coefficient (Wildman–Crippen LogP) is 1.39. The van der Waals surface area contributed by atoms with Crippen LogP contribution in [0.15, 0.2) is 12.4 Å². The molecule has 2 aromatic rings. The Morgan fingerprint density at radius 3 is 3.17 bits per heavy atom. The molecule has 3 heterocycles. The van der Waals surface area contributed by atoms with Gasteiger partial charge in [-0.3, -0.25) is 5.10 Å². The Labute approximate surface area is 140 Å². The van der Waals surface area contributed by atoms with Crippen molar-refractivity contribution in [3.05, 3.63) is 40.7 Å². The van der Waals surface area contributed by atoms with Gasteiger partial charge in [-0.1, -0.05) is 6.92 Å². The number of rotatable bonds is 2. The van der Waals surface area contributed by atoms with Crippen LogP contribution in [0.25, 0.3) is 0 Å². The number of fused-ring (bicyclic) bond motifs is 2. The lowest BCUT2D eigenvalue weighted by molar-refractivity contribution is 0.186. The first-order valence-corrected chi connectivity index (χ1v) is 8.63. The van der Waals surface area contributed by atoms with Gasteiger partial charge in [-0.2, -0.15) is 5.10 Å². The first-order valence-electron chi connectivity index (χ1n) is 8.63. The standard InChI is InChI=1S/C17H22N6O/c1-2-16-18-8-11-5-6-23(10-15(11)21-16)17(24)20-13-3-4-14-12(7-13)9-19-22-14/h8-9,13H,2-7,10H2,1H3,(H,19,22)(H,20,24). The molecule has 0 saturated carbocycles. The van der Waals surface area contributed by atoms with Crippen molar-refractivity contribution in [2.24, 2.45) is 0 Å². The van der Waals surface area contributed by atoms with E-state index in [0.29, 0.717) is 6.54 Å². The molecule has 1 atom stereocenters. The average Bonchev–Trinajstić information content (AvgIpc) is 3.08. The maximum absolute atomic E-state index is 12.6. The Kier molecular flexibility index (Phi) is 3.92. The van der Waals surface area contributed by atoms with Gasteiger partial charge in [0.15, 0.2) is 0 Å². The highest BCUT2D eigenvalue weighted by molar-refractivity contribution is 5.75. The second-order valence-electron chi connectivity index (χ2n) is 6.55. The highest BCUT2D eigenvalue weighted by atomic mass is 16.2. The van der Waals surface area contributed by atoms with E-state index < -0.39 is 0 Å². The lowest BCUT2D eigenvalue weighted by atomic mass is 9.94. The van der Waals surface area contributed by atoms with Crippen LogP contribution in [-0.4, -0.2) is 43.7 Å². The summed E-state index contributed by atoms with van der Waals surface area (Å²) in [7, 11) is 0. The van der Waals surface area contributed by atoms with E-state index in [1.807, 2.05) is 24.2 Å². The van der Waals surface area contributed by atoms with Gasteiger partial charge in [-0.25, -0.2) is 14.8 Å². The molecule has 2 amide bonds. The summed E-state index contributed by atoms with van der Waals surface area (Å²) in [5.41, 5.74) is 4.58. The molecule has 1 aliphatic carbocycles. The van der Waals surface area contributed by atoms with Crippen molar-refractivity contribution in [1.29, 1.82) is 0 Å². The number of aromatic nitrogens is 4. The summed E-state index contributed by atoms with van der Waals surface area (Å²) >= 11 is 0. The van der Waals surface area contributed by atoms with Crippen molar-refractivity contribution in [1.82, 2.24) is 30.4 Å². The van der Waals surface area contributed by atoms with Crippen LogP contribution in [0, 0.1) is 0 Å². The fourth-order valence-corrected chi connectivity index (χ4v) is 3.49. The molecule has 0 bridgehead atoms. The number of hydrogen-bond donors (Lipinski definition) is 2. The third-order valence-electron chi connectivity index (χ3n) is 4.94. The summed E-state index contributed by atoms with van der Waals surface area (Å²) in [6.45, 7) is 3.33. The first kappa shape index (κ1) is 15.1. The maximum Gasteiger partial charge on any atom is 0.317 e. The molecule has 2 N–H and O–H groups in total. The number of aromatic amines is 1. The van der Waals surface area contributed by atoms with Crippen LogP contribution in [-0.2, 0) is 32.2 Å². The summed E-state index contributed by atoms with van der Waals surface area (Å²) < 4.78 is 0. The van der Waals surface area contributed by atoms with E-state index in [4.69, 9.17) is 0 Å². The lowest BCUT2D eigenvalue weighted by Crippen LogP contribution is -2.48. The molecule has 0 fully saturated rings. The highest BCUT2D eigenvalue weighted by Crippen LogP contribution is 2.20. The van der Waals surface area contributed by atoms with E-state index in [0.717, 1.165) is 55.7 Å². The predicted molar refractivity (Wildman–Crippen MR) is 88.5 cm³/mol. The smallest absolute Gasteiger partial charge is 0.317 e. The largest absolute Gasteiger partial charge is 0.335 e. The molecule has 126 valence electrons. The van der Waals surface area contributed by atoms with Crippen LogP contribution in [0.1, 0.15) is 41.7 Å². The van der Waals surface area contributed by atoms with E-state index >= 15 is 0 Å². The Hall–Kier alpha value is -2.44. The zero-order valence-corrected chi connectivity index (χ0v) is 13.9. The molecule has 1 aliphatic heterocycles. The Morgan fingerprint density at radius 1 is 1.38 bits per heavy atom. The van der Waals surface area contributed by atoms with Gasteiger partial charge in [0.1, 0.15) is 5.82 Å². The minimum atomic E-state index is 0.00857. The summed E-state index contributed by atoms with van der Waals surface area (Å²) in [6, 6.07) is 0.190. The van der Waals surface area contributed by atoms with Crippen LogP contribution in [0.4, 0.5) is 4.79 Å². The molecular weight excluding hydrogens is 304 g/mol. The van der Waals surface area contributed by atoms with E-state index in [1.54, 1.807) is 0 Å². The van der Waals surface area contributed by atoms with Gasteiger partial charge in [-0.15, -0.1) is 0 Å². The lowest BCUT2D eigenvalue weighted by Gasteiger charge is -2.31. The van der Waals surface area contributed by atoms with Crippen LogP contribution in [0.3, 0.4) is 0 Å². The highest BCUT2D eigenvalue weighted by Gasteiger charge is 2.26. The van der Waals surface area contributed by atoms with Gasteiger partial charge < -0.3 is 10.2 Å². The Bertz CT molecular complexity index is 755. The first-order chi connectivity index (χ1) is 11.7. The van der Waals surface area contributed by atoms with Crippen molar-refractivity contribution in [3.63, 3.8) is 0 Å². The number of aryl methyl sites for hydroxylation is 2. The molecular formula is C17H22N6O. The molecule has 2 aromatic heterocycles. The number of amides is 2. The van der Waals surface area contributed by atoms with Crippen molar-refractivity contribution in [2.75, 3.05) is 6.54 Å². The molecule has 0 spiro atoms. The second kappa shape index (κ2) is 6.22. The molecule has 7 heteroatoms. The van der Waals surface area contributed by atoms with Gasteiger partial charge >= 0.3 is 6.03 Å². The number of H-pyrrole nitrogens is 1. The molecule has 1 unspecified atom stereocenters. The van der Waals surface area contributed by atoms with Gasteiger partial charge in [0, 0.05) is 30.9 Å². The van der Waals surface area contributed by atoms with E-state index in [1.165, 1.54) is 11.3 Å². The summed E-state index contributed by atoms with van der Waals surface area (Å²) in [6.07, 6.45) is 8.16. The fraction of sp³-hybridized carbons (Fsp3) is 0.529. The third kappa shape index (κ3) is 2.86. The second-order valence-corrected chi connectivity index (χ2v) is 6.55. The van der Waals surface area contributed by atoms with Crippen molar-refractivity contribution >= 4 is 6.03 Å². The van der Waals surface area contributed by atoms with Gasteiger partial charge in [-0.05, 0) is 36.8 Å². The topological polar surface area (TPSA) is 86.8 Å². The van der Waals surface area contributed by atoms with Crippen molar-refractivity contribution in [3.8, 4) is 0 Å². The average molecular weight is 326 g/mol. The monoisotopic (exact) mass is 326 g/mol. The van der Waals surface area contributed by atoms with E-state index in [2.05, 4.69) is 25.5 Å². The minimum absolute atomic E-state index is 0.00857. The molecule has 0 saturated heterocycles. The zero-order valence-electron chi connectivity index (χ0n) is 13.9. The maximum atomic E-state index is 12.6. The Balaban J connectivity index is 1.40. The Morgan fingerprint density at radius 2 is 2.29 bits per heavy atom. The summed E-state index contributed by atoms with van der Waals surface area (Å²) in [4.78, 5) is 23.4. The molecule has 7 nitrogen and oxygen atoms in total. The SMILES string of the molecule is CCc1ncc2c(n1)CN(C(=O)NC1CCc3[nH]ncc3C1)CC2. The number of urea groups is 1. The normalized spacial score (nSPS) is 19.5. The summed E-state index contributed by atoms with van der Waals surface area (Å²) in [5, 5.41) is 10.3. The van der Waals surface area contributed by atoms with Crippen molar-refractivity contribution < 1.29 is 4.79 Å². The minimum Gasteiger partial charge on any atom is -0.335 e. The number of nitrogens with one attached hydrogen (secondary N) is 2. The van der Waals surface area contributed by atoms with E-state index in [-0.39, 0.29) is 12.1 Å². The molecule has 4 rings (SSSR count). The van der Waals surface area contributed by atoms with Crippen LogP contribution in [0.5, 0.6) is 0 Å². The number of carbonyl (C=O) groups excluding carboxylic acids is 1. The van der Waals surface area contributed by atoms with Crippen LogP contribution in [0.2, 0.25) is 0 Å². The number of hydrogen-bond acceptors (Lipinski definition) is 4. The van der Waals surface area contributed by atoms with Gasteiger partial charge in [0.25, 0.3) is 0 Å². The molecule has 2 aliphatic rings. The van der Waals surface area contributed by atoms with E-state index in [9.17, 15) is 4.79 Å². The van der Waals surface area contributed by atoms with Crippen LogP contribution < -0.4 is 5.32 Å². The number of carbonyl (C=O) groups is 1. The number of nitrogens with zero attached hydrogens (tertiary/aromatic N) is 4. The van der Waals surface area contributed by atoms with Gasteiger partial charge in [0.05, 0.1) is 18.4 Å².